The molecule has 5 aromatic rings. The van der Waals surface area contributed by atoms with Gasteiger partial charge in [0.2, 0.25) is 0 Å². The van der Waals surface area contributed by atoms with Crippen LogP contribution in [0, 0.1) is 0 Å². The van der Waals surface area contributed by atoms with Crippen molar-refractivity contribution in [1.82, 2.24) is 4.90 Å². The number of carbonyl (C=O) groups is 1. The maximum absolute atomic E-state index is 14.1. The van der Waals surface area contributed by atoms with Crippen molar-refractivity contribution >= 4 is 6.09 Å². The van der Waals surface area contributed by atoms with Crippen LogP contribution in [-0.4, -0.2) is 92.7 Å². The molecule has 4 fully saturated rings. The lowest BCUT2D eigenvalue weighted by molar-refractivity contribution is -0.390. The van der Waals surface area contributed by atoms with Crippen LogP contribution >= 0.6 is 0 Å². The van der Waals surface area contributed by atoms with E-state index in [-0.39, 0.29) is 33.0 Å². The molecule has 1 amide bonds. The summed E-state index contributed by atoms with van der Waals surface area (Å²) in [5.74, 6) is 0. The summed E-state index contributed by atoms with van der Waals surface area (Å²) in [5, 5.41) is 0. The van der Waals surface area contributed by atoms with Gasteiger partial charge in [0, 0.05) is 19.2 Å². The fourth-order valence-electron chi connectivity index (χ4n) is 8.46. The summed E-state index contributed by atoms with van der Waals surface area (Å²) < 4.78 is 65.9. The molecule has 9 rings (SSSR count). The summed E-state index contributed by atoms with van der Waals surface area (Å²) in [6.07, 6.45) is -8.21. The number of fused-ring (bicyclic) bond motifs is 2. The minimum absolute atomic E-state index is 0.125. The van der Waals surface area contributed by atoms with E-state index in [2.05, 4.69) is 0 Å². The summed E-state index contributed by atoms with van der Waals surface area (Å²) in [4.78, 5) is 15.8. The number of benzene rings is 5. The number of hydrogen-bond acceptors (Lipinski definition) is 11. The zero-order chi connectivity index (χ0) is 41.4. The molecule has 4 heterocycles. The van der Waals surface area contributed by atoms with Gasteiger partial charge in [-0.2, -0.15) is 0 Å². The molecular weight excluding hydrogens is 779 g/mol. The van der Waals surface area contributed by atoms with Gasteiger partial charge >= 0.3 is 6.09 Å². The maximum Gasteiger partial charge on any atom is 0.411 e. The highest BCUT2D eigenvalue weighted by Gasteiger charge is 2.60. The van der Waals surface area contributed by atoms with E-state index in [4.69, 9.17) is 47.4 Å². The van der Waals surface area contributed by atoms with Crippen molar-refractivity contribution in [1.29, 1.82) is 0 Å². The van der Waals surface area contributed by atoms with E-state index in [9.17, 15) is 4.79 Å². The molecule has 0 aromatic heterocycles. The third-order valence-electron chi connectivity index (χ3n) is 11.5. The van der Waals surface area contributed by atoms with Crippen molar-refractivity contribution in [3.63, 3.8) is 0 Å². The lowest BCUT2D eigenvalue weighted by Gasteiger charge is -2.51. The fraction of sp³-hybridized carbons (Fsp3) is 0.367. The Morgan fingerprint density at radius 3 is 1.75 bits per heavy atom. The summed E-state index contributed by atoms with van der Waals surface area (Å²) in [6.45, 7) is 1.47. The summed E-state index contributed by atoms with van der Waals surface area (Å²) >= 11 is 0. The quantitative estimate of drug-likeness (QED) is 0.0995. The fourth-order valence-corrected chi connectivity index (χ4v) is 8.46. The van der Waals surface area contributed by atoms with Crippen molar-refractivity contribution in [3.05, 3.63) is 179 Å². The number of carbonyl (C=O) groups excluding carboxylic acids is 1. The largest absolute Gasteiger partial charge is 0.441 e. The van der Waals surface area contributed by atoms with Gasteiger partial charge in [0.1, 0.15) is 42.7 Å². The van der Waals surface area contributed by atoms with E-state index < -0.39 is 73.7 Å². The van der Waals surface area contributed by atoms with Gasteiger partial charge in [0.25, 0.3) is 0 Å². The average molecular weight is 830 g/mol. The van der Waals surface area contributed by atoms with E-state index in [0.717, 1.165) is 27.8 Å². The standard InChI is InChI=1S/C49H51NO11/c1-52-48-45(44(55-30-36-23-13-5-14-24-36)42-39(58-48)32-56-46(59-42)37-25-15-6-16-26-37)60-47-40-43(61-49(51)50(40)27-33-17-7-2-8-18-33)41(54-29-35-21-11-4-12-22-35)38(57-47)31-53-28-34-19-9-3-10-20-34/h2-26,38-48H,27-32H2,1H3/t38-,39-,40-,41-,42+,43-,44+,45-,46?,47+,48+/m1/s1. The number of amides is 1. The second-order valence-corrected chi connectivity index (χ2v) is 15.6. The van der Waals surface area contributed by atoms with E-state index in [1.54, 1.807) is 12.0 Å². The van der Waals surface area contributed by atoms with Crippen molar-refractivity contribution < 1.29 is 52.2 Å². The molecule has 0 saturated carbocycles. The Balaban J connectivity index is 1.06. The smallest absolute Gasteiger partial charge is 0.411 e. The van der Waals surface area contributed by atoms with Crippen LogP contribution in [0.1, 0.15) is 34.1 Å². The predicted octanol–water partition coefficient (Wildman–Crippen LogP) is 7.36. The molecule has 0 aliphatic carbocycles. The normalized spacial score (nSPS) is 29.7. The Labute approximate surface area is 356 Å². The van der Waals surface area contributed by atoms with Crippen molar-refractivity contribution in [3.8, 4) is 0 Å². The van der Waals surface area contributed by atoms with Crippen LogP contribution in [0.4, 0.5) is 4.79 Å². The number of nitrogens with zero attached hydrogens (tertiary/aromatic N) is 1. The first kappa shape index (κ1) is 41.4. The molecule has 61 heavy (non-hydrogen) atoms. The zero-order valence-corrected chi connectivity index (χ0v) is 34.0. The van der Waals surface area contributed by atoms with Crippen LogP contribution in [0.15, 0.2) is 152 Å². The van der Waals surface area contributed by atoms with Gasteiger partial charge in [0.15, 0.2) is 25.0 Å². The van der Waals surface area contributed by atoms with Crippen LogP contribution < -0.4 is 0 Å². The van der Waals surface area contributed by atoms with Gasteiger partial charge in [0.05, 0.1) is 33.0 Å². The Morgan fingerprint density at radius 2 is 1.15 bits per heavy atom. The second-order valence-electron chi connectivity index (χ2n) is 15.6. The van der Waals surface area contributed by atoms with Gasteiger partial charge in [-0.15, -0.1) is 0 Å². The van der Waals surface area contributed by atoms with Crippen molar-refractivity contribution in [2.24, 2.45) is 0 Å². The predicted molar refractivity (Wildman–Crippen MR) is 221 cm³/mol. The molecule has 11 atom stereocenters. The number of hydrogen-bond donors (Lipinski definition) is 0. The first-order valence-electron chi connectivity index (χ1n) is 20.9. The Kier molecular flexibility index (Phi) is 13.4. The molecule has 12 heteroatoms. The molecule has 0 spiro atoms. The number of ether oxygens (including phenoxy) is 10. The molecule has 4 aliphatic rings. The first-order valence-corrected chi connectivity index (χ1v) is 20.9. The Bertz CT molecular complexity index is 2100. The molecular formula is C49H51NO11. The minimum atomic E-state index is -1.07. The highest BCUT2D eigenvalue weighted by Crippen LogP contribution is 2.41. The number of methoxy groups -OCH3 is 1. The lowest BCUT2D eigenvalue weighted by Crippen LogP contribution is -2.67. The molecule has 5 aromatic carbocycles. The monoisotopic (exact) mass is 829 g/mol. The molecule has 0 N–H and O–H groups in total. The lowest BCUT2D eigenvalue weighted by atomic mass is 9.94. The van der Waals surface area contributed by atoms with Gasteiger partial charge in [-0.1, -0.05) is 152 Å². The maximum atomic E-state index is 14.1. The molecule has 0 radical (unpaired) electrons. The minimum Gasteiger partial charge on any atom is -0.441 e. The highest BCUT2D eigenvalue weighted by molar-refractivity contribution is 5.71. The third-order valence-corrected chi connectivity index (χ3v) is 11.5. The van der Waals surface area contributed by atoms with E-state index in [1.165, 1.54) is 0 Å². The SMILES string of the molecule is CO[C@H]1O[C@@H]2COC(c3ccccc3)O[C@@H]2[C@H](OCc2ccccc2)[C@H]1O[C@@H]1O[C@H](COCc2ccccc2)[C@@H](OCc2ccccc2)[C@@H]2OC(=O)N(Cc3ccccc3)[C@@H]12. The molecule has 4 aliphatic heterocycles. The topological polar surface area (TPSA) is 113 Å². The molecule has 12 nitrogen and oxygen atoms in total. The van der Waals surface area contributed by atoms with Crippen LogP contribution in [0.2, 0.25) is 0 Å². The Hall–Kier alpha value is -4.99. The summed E-state index contributed by atoms with van der Waals surface area (Å²) in [7, 11) is 1.56. The van der Waals surface area contributed by atoms with Crippen LogP contribution in [0.5, 0.6) is 0 Å². The van der Waals surface area contributed by atoms with Gasteiger partial charge < -0.3 is 47.4 Å². The number of rotatable bonds is 16. The average Bonchev–Trinajstić information content (AvgIpc) is 3.64. The summed E-state index contributed by atoms with van der Waals surface area (Å²) in [5.41, 5.74) is 4.72. The molecule has 4 saturated heterocycles. The summed E-state index contributed by atoms with van der Waals surface area (Å²) in [6, 6.07) is 48.5. The van der Waals surface area contributed by atoms with E-state index in [0.29, 0.717) is 6.61 Å². The van der Waals surface area contributed by atoms with Crippen LogP contribution in [0.3, 0.4) is 0 Å². The molecule has 318 valence electrons. The third kappa shape index (κ3) is 9.74. The van der Waals surface area contributed by atoms with E-state index >= 15 is 0 Å². The zero-order valence-electron chi connectivity index (χ0n) is 34.0. The Morgan fingerprint density at radius 1 is 0.590 bits per heavy atom. The molecule has 0 bridgehead atoms. The highest BCUT2D eigenvalue weighted by atomic mass is 16.8. The van der Waals surface area contributed by atoms with E-state index in [1.807, 2.05) is 152 Å². The van der Waals surface area contributed by atoms with Gasteiger partial charge in [-0.25, -0.2) is 4.79 Å². The molecule has 1 unspecified atom stereocenters. The van der Waals surface area contributed by atoms with Crippen LogP contribution in [0.25, 0.3) is 0 Å². The van der Waals surface area contributed by atoms with Gasteiger partial charge in [-0.05, 0) is 22.3 Å². The van der Waals surface area contributed by atoms with Gasteiger partial charge in [-0.3, -0.25) is 4.90 Å². The first-order chi connectivity index (χ1) is 30.1. The van der Waals surface area contributed by atoms with Crippen molar-refractivity contribution in [2.45, 2.75) is 94.0 Å². The second kappa shape index (κ2) is 19.8. The van der Waals surface area contributed by atoms with Crippen LogP contribution in [-0.2, 0) is 73.7 Å². The van der Waals surface area contributed by atoms with Crippen molar-refractivity contribution in [2.75, 3.05) is 20.3 Å².